The van der Waals surface area contributed by atoms with Crippen molar-refractivity contribution in [1.29, 1.82) is 0 Å². The van der Waals surface area contributed by atoms with Crippen LogP contribution in [0.25, 0.3) is 0 Å². The zero-order chi connectivity index (χ0) is 14.9. The molecule has 2 aromatic carbocycles. The Hall–Kier alpha value is -2.27. The first kappa shape index (κ1) is 14.1. The second kappa shape index (κ2) is 5.38. The molecule has 0 aromatic heterocycles. The zero-order valence-corrected chi connectivity index (χ0v) is 10.9. The monoisotopic (exact) mass is 296 g/mol. The molecule has 2 rings (SSSR count). The van der Waals surface area contributed by atoms with E-state index in [9.17, 15) is 24.5 Å². The summed E-state index contributed by atoms with van der Waals surface area (Å²) >= 11 is 5.61. The highest BCUT2D eigenvalue weighted by molar-refractivity contribution is 6.30. The average molecular weight is 297 g/mol. The molecule has 0 saturated carbocycles. The number of ketones is 1. The topological polar surface area (TPSA) is 77.8 Å². The van der Waals surface area contributed by atoms with Crippen LogP contribution in [0.15, 0.2) is 30.3 Å². The van der Waals surface area contributed by atoms with Crippen molar-refractivity contribution in [3.63, 3.8) is 0 Å². The number of aromatic hydroxyl groups is 3. The van der Waals surface area contributed by atoms with Crippen molar-refractivity contribution < 1.29 is 24.5 Å². The van der Waals surface area contributed by atoms with Gasteiger partial charge in [0.15, 0.2) is 17.3 Å². The Kier molecular flexibility index (Phi) is 3.81. The summed E-state index contributed by atoms with van der Waals surface area (Å²) < 4.78 is 13.0. The SMILES string of the molecule is O=C(Cc1ccc(F)c(Cl)c1)c1ccc(O)c(O)c1O. The molecule has 20 heavy (non-hydrogen) atoms. The molecule has 0 aliphatic carbocycles. The first-order valence-corrected chi connectivity index (χ1v) is 5.99. The molecule has 0 radical (unpaired) electrons. The highest BCUT2D eigenvalue weighted by atomic mass is 35.5. The van der Waals surface area contributed by atoms with Crippen molar-refractivity contribution in [2.75, 3.05) is 0 Å². The van der Waals surface area contributed by atoms with E-state index in [1.54, 1.807) is 0 Å². The molecule has 0 bridgehead atoms. The maximum atomic E-state index is 13.0. The molecule has 4 nitrogen and oxygen atoms in total. The van der Waals surface area contributed by atoms with E-state index in [0.717, 1.165) is 12.1 Å². The minimum absolute atomic E-state index is 0.104. The number of phenolic OH excluding ortho intramolecular Hbond substituents is 3. The van der Waals surface area contributed by atoms with E-state index in [1.807, 2.05) is 0 Å². The minimum Gasteiger partial charge on any atom is -0.504 e. The number of Topliss-reactive ketones (excluding diaryl/α,β-unsaturated/α-hetero) is 1. The van der Waals surface area contributed by atoms with Crippen LogP contribution in [0.1, 0.15) is 15.9 Å². The lowest BCUT2D eigenvalue weighted by Gasteiger charge is -2.07. The number of carbonyl (C=O) groups excluding carboxylic acids is 1. The standard InChI is InChI=1S/C14H10ClFO4/c15-9-5-7(1-3-10(9)16)6-12(18)8-2-4-11(17)14(20)13(8)19/h1-5,17,19-20H,6H2. The third-order valence-corrected chi connectivity index (χ3v) is 3.07. The van der Waals surface area contributed by atoms with Crippen molar-refractivity contribution in [2.24, 2.45) is 0 Å². The number of phenols is 3. The Morgan fingerprint density at radius 1 is 1.10 bits per heavy atom. The Balaban J connectivity index is 2.28. The summed E-state index contributed by atoms with van der Waals surface area (Å²) in [6.07, 6.45) is -0.127. The quantitative estimate of drug-likeness (QED) is 0.601. The molecule has 0 spiro atoms. The highest BCUT2D eigenvalue weighted by Crippen LogP contribution is 2.37. The smallest absolute Gasteiger partial charge is 0.201 e. The number of rotatable bonds is 3. The van der Waals surface area contributed by atoms with E-state index in [1.165, 1.54) is 18.2 Å². The maximum Gasteiger partial charge on any atom is 0.201 e. The summed E-state index contributed by atoms with van der Waals surface area (Å²) in [4.78, 5) is 12.0. The van der Waals surface area contributed by atoms with Gasteiger partial charge in [-0.05, 0) is 29.8 Å². The van der Waals surface area contributed by atoms with Crippen LogP contribution in [0, 0.1) is 5.82 Å². The van der Waals surface area contributed by atoms with Crippen LogP contribution in [0.2, 0.25) is 5.02 Å². The molecular weight excluding hydrogens is 287 g/mol. The Morgan fingerprint density at radius 2 is 1.80 bits per heavy atom. The van der Waals surface area contributed by atoms with E-state index in [-0.39, 0.29) is 17.0 Å². The fraction of sp³-hybridized carbons (Fsp3) is 0.0714. The van der Waals surface area contributed by atoms with E-state index < -0.39 is 28.8 Å². The molecule has 0 unspecified atom stereocenters. The van der Waals surface area contributed by atoms with Crippen molar-refractivity contribution in [3.05, 3.63) is 52.3 Å². The fourth-order valence-corrected chi connectivity index (χ4v) is 1.93. The van der Waals surface area contributed by atoms with E-state index in [0.29, 0.717) is 5.56 Å². The highest BCUT2D eigenvalue weighted by Gasteiger charge is 2.17. The van der Waals surface area contributed by atoms with Crippen LogP contribution < -0.4 is 0 Å². The molecule has 0 atom stereocenters. The fourth-order valence-electron chi connectivity index (χ4n) is 1.72. The molecule has 0 amide bonds. The summed E-state index contributed by atoms with van der Waals surface area (Å²) in [7, 11) is 0. The van der Waals surface area contributed by atoms with Crippen LogP contribution in [-0.4, -0.2) is 21.1 Å². The molecular formula is C14H10ClFO4. The summed E-state index contributed by atoms with van der Waals surface area (Å²) in [5.41, 5.74) is 0.328. The van der Waals surface area contributed by atoms with Gasteiger partial charge in [0.25, 0.3) is 0 Å². The van der Waals surface area contributed by atoms with Crippen LogP contribution in [0.4, 0.5) is 4.39 Å². The van der Waals surface area contributed by atoms with Gasteiger partial charge in [-0.1, -0.05) is 17.7 Å². The lowest BCUT2D eigenvalue weighted by molar-refractivity contribution is 0.0989. The van der Waals surface area contributed by atoms with Gasteiger partial charge in [0.1, 0.15) is 5.82 Å². The van der Waals surface area contributed by atoms with Gasteiger partial charge in [-0.3, -0.25) is 4.79 Å². The lowest BCUT2D eigenvalue weighted by atomic mass is 10.0. The Labute approximate surface area is 118 Å². The summed E-state index contributed by atoms with van der Waals surface area (Å²) in [6.45, 7) is 0. The van der Waals surface area contributed by atoms with E-state index in [4.69, 9.17) is 11.6 Å². The van der Waals surface area contributed by atoms with Crippen LogP contribution >= 0.6 is 11.6 Å². The Morgan fingerprint density at radius 3 is 2.45 bits per heavy atom. The van der Waals surface area contributed by atoms with E-state index >= 15 is 0 Å². The molecule has 6 heteroatoms. The minimum atomic E-state index is -0.756. The second-order valence-electron chi connectivity index (χ2n) is 4.18. The number of hydrogen-bond acceptors (Lipinski definition) is 4. The van der Waals surface area contributed by atoms with Gasteiger partial charge in [0.2, 0.25) is 5.75 Å². The maximum absolute atomic E-state index is 13.0. The summed E-state index contributed by atoms with van der Waals surface area (Å²) in [5.74, 6) is -3.06. The van der Waals surface area contributed by atoms with Crippen molar-refractivity contribution in [3.8, 4) is 17.2 Å². The van der Waals surface area contributed by atoms with Gasteiger partial charge in [-0.15, -0.1) is 0 Å². The third-order valence-electron chi connectivity index (χ3n) is 2.78. The van der Waals surface area contributed by atoms with Crippen molar-refractivity contribution >= 4 is 17.4 Å². The van der Waals surface area contributed by atoms with Crippen molar-refractivity contribution in [1.82, 2.24) is 0 Å². The number of halogens is 2. The zero-order valence-electron chi connectivity index (χ0n) is 10.1. The van der Waals surface area contributed by atoms with E-state index in [2.05, 4.69) is 0 Å². The molecule has 3 N–H and O–H groups in total. The normalized spacial score (nSPS) is 10.5. The summed E-state index contributed by atoms with van der Waals surface area (Å²) in [6, 6.07) is 6.14. The van der Waals surface area contributed by atoms with Gasteiger partial charge >= 0.3 is 0 Å². The molecule has 0 fully saturated rings. The van der Waals surface area contributed by atoms with Gasteiger partial charge in [0.05, 0.1) is 10.6 Å². The first-order chi connectivity index (χ1) is 9.40. The van der Waals surface area contributed by atoms with Gasteiger partial charge < -0.3 is 15.3 Å². The average Bonchev–Trinajstić information content (AvgIpc) is 2.40. The molecule has 104 valence electrons. The third kappa shape index (κ3) is 2.67. The number of carbonyl (C=O) groups is 1. The molecule has 0 aliphatic rings. The largest absolute Gasteiger partial charge is 0.504 e. The molecule has 0 aliphatic heterocycles. The van der Waals surface area contributed by atoms with Crippen LogP contribution in [0.3, 0.4) is 0 Å². The van der Waals surface area contributed by atoms with Gasteiger partial charge in [0, 0.05) is 6.42 Å². The first-order valence-electron chi connectivity index (χ1n) is 5.61. The molecule has 0 saturated heterocycles. The molecule has 0 heterocycles. The molecule has 2 aromatic rings. The lowest BCUT2D eigenvalue weighted by Crippen LogP contribution is -2.04. The second-order valence-corrected chi connectivity index (χ2v) is 4.59. The van der Waals surface area contributed by atoms with Gasteiger partial charge in [-0.2, -0.15) is 0 Å². The predicted octanol–water partition coefficient (Wildman–Crippen LogP) is 3.02. The van der Waals surface area contributed by atoms with Crippen LogP contribution in [0.5, 0.6) is 17.2 Å². The summed E-state index contributed by atoms with van der Waals surface area (Å²) in [5, 5.41) is 28.0. The van der Waals surface area contributed by atoms with Crippen molar-refractivity contribution in [2.45, 2.75) is 6.42 Å². The Bertz CT molecular complexity index is 685. The number of hydrogen-bond donors (Lipinski definition) is 3. The van der Waals surface area contributed by atoms with Gasteiger partial charge in [-0.25, -0.2) is 4.39 Å². The number of benzene rings is 2. The van der Waals surface area contributed by atoms with Crippen LogP contribution in [-0.2, 0) is 6.42 Å². The predicted molar refractivity (Wildman–Crippen MR) is 70.9 cm³/mol.